The Kier molecular flexibility index (Phi) is 3.41. The van der Waals surface area contributed by atoms with Crippen LogP contribution in [0.4, 0.5) is 5.69 Å². The fourth-order valence-corrected chi connectivity index (χ4v) is 3.36. The highest BCUT2D eigenvalue weighted by atomic mass is 127. The highest BCUT2D eigenvalue weighted by Crippen LogP contribution is 2.41. The van der Waals surface area contributed by atoms with Gasteiger partial charge in [0.1, 0.15) is 0 Å². The van der Waals surface area contributed by atoms with Crippen LogP contribution < -0.4 is 5.32 Å². The van der Waals surface area contributed by atoms with E-state index in [0.717, 1.165) is 33.2 Å². The SMILES string of the molecule is O=C(CI)Nc1ccc2c3c(cccc13)C(=O)c1ccccc1-2. The number of hydrogen-bond acceptors (Lipinski definition) is 2. The number of fused-ring (bicyclic) bond motifs is 2. The van der Waals surface area contributed by atoms with Crippen molar-refractivity contribution in [3.05, 3.63) is 65.7 Å². The summed E-state index contributed by atoms with van der Waals surface area (Å²) in [6.07, 6.45) is 0. The number of benzene rings is 3. The Morgan fingerprint density at radius 2 is 1.61 bits per heavy atom. The molecule has 1 aliphatic carbocycles. The van der Waals surface area contributed by atoms with Gasteiger partial charge in [-0.2, -0.15) is 0 Å². The number of alkyl halides is 1. The smallest absolute Gasteiger partial charge is 0.234 e. The van der Waals surface area contributed by atoms with E-state index in [9.17, 15) is 9.59 Å². The minimum absolute atomic E-state index is 0.0380. The van der Waals surface area contributed by atoms with Crippen LogP contribution in [-0.4, -0.2) is 16.1 Å². The van der Waals surface area contributed by atoms with Gasteiger partial charge in [-0.05, 0) is 17.2 Å². The van der Waals surface area contributed by atoms with Crippen molar-refractivity contribution in [3.63, 3.8) is 0 Å². The van der Waals surface area contributed by atoms with Gasteiger partial charge >= 0.3 is 0 Å². The fourth-order valence-electron chi connectivity index (χ4n) is 3.17. The third-order valence-corrected chi connectivity index (χ3v) is 4.84. The summed E-state index contributed by atoms with van der Waals surface area (Å²) in [5.74, 6) is -0.00935. The van der Waals surface area contributed by atoms with Gasteiger partial charge in [0.2, 0.25) is 5.91 Å². The van der Waals surface area contributed by atoms with Gasteiger partial charge in [0.25, 0.3) is 0 Å². The average Bonchev–Trinajstić information content (AvgIpc) is 2.60. The lowest BCUT2D eigenvalue weighted by Gasteiger charge is -2.21. The fraction of sp³-hybridized carbons (Fsp3) is 0.0526. The molecule has 1 amide bonds. The molecule has 0 saturated heterocycles. The summed E-state index contributed by atoms with van der Waals surface area (Å²) in [5, 5.41) is 4.74. The largest absolute Gasteiger partial charge is 0.325 e. The molecule has 112 valence electrons. The van der Waals surface area contributed by atoms with E-state index in [4.69, 9.17) is 0 Å². The van der Waals surface area contributed by atoms with Crippen molar-refractivity contribution in [2.45, 2.75) is 0 Å². The lowest BCUT2D eigenvalue weighted by Crippen LogP contribution is -2.14. The molecule has 0 fully saturated rings. The Balaban J connectivity index is 2.05. The summed E-state index contributed by atoms with van der Waals surface area (Å²) in [7, 11) is 0. The van der Waals surface area contributed by atoms with Gasteiger partial charge in [-0.15, -0.1) is 0 Å². The molecule has 4 rings (SSSR count). The van der Waals surface area contributed by atoms with Gasteiger partial charge in [0, 0.05) is 27.6 Å². The maximum absolute atomic E-state index is 12.8. The molecule has 0 saturated carbocycles. The minimum Gasteiger partial charge on any atom is -0.325 e. The van der Waals surface area contributed by atoms with Crippen LogP contribution in [0.1, 0.15) is 15.9 Å². The van der Waals surface area contributed by atoms with Crippen molar-refractivity contribution < 1.29 is 9.59 Å². The number of ketones is 1. The van der Waals surface area contributed by atoms with E-state index >= 15 is 0 Å². The Morgan fingerprint density at radius 3 is 2.39 bits per heavy atom. The highest BCUT2D eigenvalue weighted by Gasteiger charge is 2.25. The third-order valence-electron chi connectivity index (χ3n) is 4.14. The monoisotopic (exact) mass is 413 g/mol. The van der Waals surface area contributed by atoms with Crippen LogP contribution in [0.15, 0.2) is 54.6 Å². The van der Waals surface area contributed by atoms with Crippen LogP contribution in [0.25, 0.3) is 21.9 Å². The molecule has 3 nitrogen and oxygen atoms in total. The summed E-state index contributed by atoms with van der Waals surface area (Å²) in [6, 6.07) is 17.2. The molecule has 0 heterocycles. The number of carbonyl (C=O) groups excluding carboxylic acids is 2. The molecule has 3 aromatic carbocycles. The molecule has 23 heavy (non-hydrogen) atoms. The van der Waals surface area contributed by atoms with Crippen LogP contribution >= 0.6 is 22.6 Å². The van der Waals surface area contributed by atoms with Gasteiger partial charge in [-0.25, -0.2) is 0 Å². The zero-order chi connectivity index (χ0) is 16.0. The van der Waals surface area contributed by atoms with Crippen molar-refractivity contribution in [3.8, 4) is 11.1 Å². The summed E-state index contributed by atoms with van der Waals surface area (Å²) >= 11 is 2.03. The van der Waals surface area contributed by atoms with Crippen molar-refractivity contribution >= 4 is 50.7 Å². The van der Waals surface area contributed by atoms with Gasteiger partial charge in [0.15, 0.2) is 5.78 Å². The molecular weight excluding hydrogens is 401 g/mol. The predicted octanol–water partition coefficient (Wildman–Crippen LogP) is 4.42. The first kappa shape index (κ1) is 14.4. The minimum atomic E-state index is -0.0474. The Labute approximate surface area is 146 Å². The first-order chi connectivity index (χ1) is 11.2. The van der Waals surface area contributed by atoms with E-state index in [1.807, 2.05) is 77.2 Å². The molecule has 0 spiro atoms. The van der Waals surface area contributed by atoms with Gasteiger partial charge in [-0.1, -0.05) is 71.1 Å². The van der Waals surface area contributed by atoms with Crippen LogP contribution in [-0.2, 0) is 4.79 Å². The zero-order valence-corrected chi connectivity index (χ0v) is 14.3. The molecular formula is C19H12INO2. The molecule has 0 unspecified atom stereocenters. The van der Waals surface area contributed by atoms with E-state index in [1.54, 1.807) is 0 Å². The number of carbonyl (C=O) groups is 2. The first-order valence-corrected chi connectivity index (χ1v) is 8.79. The molecule has 0 aromatic heterocycles. The second kappa shape index (κ2) is 5.45. The number of amides is 1. The maximum atomic E-state index is 12.8. The normalized spacial score (nSPS) is 12.1. The second-order valence-electron chi connectivity index (χ2n) is 5.45. The third kappa shape index (κ3) is 2.16. The lowest BCUT2D eigenvalue weighted by atomic mass is 9.82. The first-order valence-electron chi connectivity index (χ1n) is 7.26. The Morgan fingerprint density at radius 1 is 0.870 bits per heavy atom. The van der Waals surface area contributed by atoms with Crippen molar-refractivity contribution in [1.82, 2.24) is 0 Å². The van der Waals surface area contributed by atoms with E-state index in [0.29, 0.717) is 9.99 Å². The van der Waals surface area contributed by atoms with Crippen LogP contribution in [0.2, 0.25) is 0 Å². The molecule has 0 radical (unpaired) electrons. The molecule has 0 bridgehead atoms. The molecule has 3 aromatic rings. The molecule has 1 aliphatic rings. The highest BCUT2D eigenvalue weighted by molar-refractivity contribution is 14.1. The lowest BCUT2D eigenvalue weighted by molar-refractivity contribution is -0.113. The van der Waals surface area contributed by atoms with Crippen LogP contribution in [0.5, 0.6) is 0 Å². The molecule has 4 heteroatoms. The Hall–Kier alpha value is -2.21. The number of halogens is 1. The molecule has 0 aliphatic heterocycles. The summed E-state index contributed by atoms with van der Waals surface area (Å²) in [6.45, 7) is 0. The second-order valence-corrected chi connectivity index (χ2v) is 6.21. The van der Waals surface area contributed by atoms with E-state index in [-0.39, 0.29) is 11.7 Å². The Bertz CT molecular complexity index is 978. The number of anilines is 1. The quantitative estimate of drug-likeness (QED) is 0.391. The molecule has 0 atom stereocenters. The van der Waals surface area contributed by atoms with Crippen molar-refractivity contribution in [2.24, 2.45) is 0 Å². The van der Waals surface area contributed by atoms with E-state index < -0.39 is 0 Å². The van der Waals surface area contributed by atoms with Gasteiger partial charge in [-0.3, -0.25) is 9.59 Å². The predicted molar refractivity (Wildman–Crippen MR) is 100 cm³/mol. The van der Waals surface area contributed by atoms with Crippen LogP contribution in [0.3, 0.4) is 0 Å². The van der Waals surface area contributed by atoms with Gasteiger partial charge < -0.3 is 5.32 Å². The van der Waals surface area contributed by atoms with Crippen molar-refractivity contribution in [1.29, 1.82) is 0 Å². The number of hydrogen-bond donors (Lipinski definition) is 1. The number of nitrogens with one attached hydrogen (secondary N) is 1. The topological polar surface area (TPSA) is 46.2 Å². The summed E-state index contributed by atoms with van der Waals surface area (Å²) < 4.78 is 0.391. The van der Waals surface area contributed by atoms with Gasteiger partial charge in [0.05, 0.1) is 4.43 Å². The molecule has 1 N–H and O–H groups in total. The number of rotatable bonds is 2. The standard InChI is InChI=1S/C19H12INO2/c20-10-17(22)21-16-9-8-12-11-4-1-2-5-13(11)19(23)15-7-3-6-14(16)18(12)15/h1-9H,10H2,(H,21,22). The average molecular weight is 413 g/mol. The summed E-state index contributed by atoms with van der Waals surface area (Å²) in [4.78, 5) is 24.6. The zero-order valence-electron chi connectivity index (χ0n) is 12.1. The summed E-state index contributed by atoms with van der Waals surface area (Å²) in [5.41, 5.74) is 4.17. The maximum Gasteiger partial charge on any atom is 0.234 e. The van der Waals surface area contributed by atoms with E-state index in [2.05, 4.69) is 5.32 Å². The van der Waals surface area contributed by atoms with Crippen LogP contribution in [0, 0.1) is 0 Å². The van der Waals surface area contributed by atoms with Crippen molar-refractivity contribution in [2.75, 3.05) is 9.74 Å². The van der Waals surface area contributed by atoms with E-state index in [1.165, 1.54) is 0 Å².